The van der Waals surface area contributed by atoms with Crippen molar-refractivity contribution < 1.29 is 4.79 Å². The minimum Gasteiger partial charge on any atom is -0.368 e. The van der Waals surface area contributed by atoms with Gasteiger partial charge in [0.15, 0.2) is 0 Å². The molecule has 1 aliphatic rings. The summed E-state index contributed by atoms with van der Waals surface area (Å²) in [5, 5.41) is 0.825. The minimum atomic E-state index is -0.357. The highest BCUT2D eigenvalue weighted by Crippen LogP contribution is 2.31. The smallest absolute Gasteiger partial charge is 0.241 e. The van der Waals surface area contributed by atoms with E-state index in [2.05, 4.69) is 9.88 Å². The summed E-state index contributed by atoms with van der Waals surface area (Å²) in [5.41, 5.74) is 6.50. The number of nitrogens with zero attached hydrogens (tertiary/aromatic N) is 2. The van der Waals surface area contributed by atoms with Crippen LogP contribution in [0.3, 0.4) is 0 Å². The van der Waals surface area contributed by atoms with Crippen molar-refractivity contribution in [2.45, 2.75) is 18.9 Å². The molecule has 4 nitrogen and oxygen atoms in total. The van der Waals surface area contributed by atoms with Crippen LogP contribution in [0.15, 0.2) is 24.3 Å². The lowest BCUT2D eigenvalue weighted by atomic mass is 10.2. The molecule has 2 N–H and O–H groups in total. The van der Waals surface area contributed by atoms with E-state index in [0.29, 0.717) is 0 Å². The molecule has 1 aromatic heterocycles. The first-order valence-electron chi connectivity index (χ1n) is 6.14. The molecule has 1 fully saturated rings. The first-order chi connectivity index (χ1) is 8.75. The summed E-state index contributed by atoms with van der Waals surface area (Å²) in [6.07, 6.45) is 2.27. The van der Waals surface area contributed by atoms with Gasteiger partial charge < -0.3 is 5.73 Å². The van der Waals surface area contributed by atoms with Crippen molar-refractivity contribution in [1.29, 1.82) is 0 Å². The second-order valence-electron chi connectivity index (χ2n) is 4.57. The number of carbonyl (C=O) groups is 1. The number of benzene rings is 1. The lowest BCUT2D eigenvalue weighted by Crippen LogP contribution is -2.35. The number of amides is 1. The number of aromatic nitrogens is 1. The SMILES string of the molecule is NC(=O)C(c1nc2ccccc2s1)N1CCCC1. The monoisotopic (exact) mass is 261 g/mol. The lowest BCUT2D eigenvalue weighted by molar-refractivity contribution is -0.123. The van der Waals surface area contributed by atoms with Gasteiger partial charge >= 0.3 is 0 Å². The molecule has 0 radical (unpaired) electrons. The third-order valence-corrected chi connectivity index (χ3v) is 4.41. The summed E-state index contributed by atoms with van der Waals surface area (Å²) in [7, 11) is 0. The maximum atomic E-state index is 11.7. The topological polar surface area (TPSA) is 59.2 Å². The molecule has 1 aliphatic heterocycles. The van der Waals surface area contributed by atoms with Crippen LogP contribution in [-0.2, 0) is 4.79 Å². The second-order valence-corrected chi connectivity index (χ2v) is 5.63. The number of nitrogens with two attached hydrogens (primary N) is 1. The van der Waals surface area contributed by atoms with Crippen LogP contribution in [0.5, 0.6) is 0 Å². The standard InChI is InChI=1S/C13H15N3OS/c14-12(17)11(16-7-3-4-8-16)13-15-9-5-1-2-6-10(9)18-13/h1-2,5-6,11H,3-4,7-8H2,(H2,14,17). The van der Waals surface area contributed by atoms with Crippen LogP contribution in [-0.4, -0.2) is 28.9 Å². The van der Waals surface area contributed by atoms with Crippen LogP contribution in [0.1, 0.15) is 23.9 Å². The van der Waals surface area contributed by atoms with Crippen LogP contribution in [0.2, 0.25) is 0 Å². The van der Waals surface area contributed by atoms with Crippen molar-refractivity contribution in [3.63, 3.8) is 0 Å². The summed E-state index contributed by atoms with van der Waals surface area (Å²) in [4.78, 5) is 18.4. The van der Waals surface area contributed by atoms with E-state index in [0.717, 1.165) is 41.2 Å². The van der Waals surface area contributed by atoms with Gasteiger partial charge in [0.05, 0.1) is 10.2 Å². The Bertz CT molecular complexity index is 541. The molecular weight excluding hydrogens is 246 g/mol. The molecule has 0 saturated carbocycles. The number of fused-ring (bicyclic) bond motifs is 1. The molecule has 1 aromatic carbocycles. The number of hydrogen-bond donors (Lipinski definition) is 1. The highest BCUT2D eigenvalue weighted by atomic mass is 32.1. The van der Waals surface area contributed by atoms with Gasteiger partial charge in [-0.3, -0.25) is 9.69 Å². The van der Waals surface area contributed by atoms with E-state index in [1.807, 2.05) is 24.3 Å². The van der Waals surface area contributed by atoms with Crippen molar-refractivity contribution in [3.05, 3.63) is 29.3 Å². The summed E-state index contributed by atoms with van der Waals surface area (Å²) < 4.78 is 1.11. The Hall–Kier alpha value is -1.46. The summed E-state index contributed by atoms with van der Waals surface area (Å²) in [5.74, 6) is -0.295. The number of rotatable bonds is 3. The maximum Gasteiger partial charge on any atom is 0.241 e. The fourth-order valence-corrected chi connectivity index (χ4v) is 3.58. The zero-order valence-corrected chi connectivity index (χ0v) is 10.8. The molecule has 0 spiro atoms. The molecule has 94 valence electrons. The predicted molar refractivity (Wildman–Crippen MR) is 72.4 cm³/mol. The molecule has 0 aliphatic carbocycles. The van der Waals surface area contributed by atoms with Crippen molar-refractivity contribution in [2.24, 2.45) is 5.73 Å². The number of thiazole rings is 1. The molecule has 2 heterocycles. The number of hydrogen-bond acceptors (Lipinski definition) is 4. The molecule has 1 unspecified atom stereocenters. The van der Waals surface area contributed by atoms with E-state index in [-0.39, 0.29) is 11.9 Å². The largest absolute Gasteiger partial charge is 0.368 e. The Morgan fingerprint density at radius 1 is 1.33 bits per heavy atom. The molecule has 0 bridgehead atoms. The maximum absolute atomic E-state index is 11.7. The molecule has 1 saturated heterocycles. The van der Waals surface area contributed by atoms with Gasteiger partial charge in [-0.1, -0.05) is 12.1 Å². The molecule has 1 atom stereocenters. The first kappa shape index (κ1) is 11.6. The minimum absolute atomic E-state index is 0.295. The van der Waals surface area contributed by atoms with E-state index in [1.165, 1.54) is 0 Å². The molecule has 1 amide bonds. The molecule has 2 aromatic rings. The summed E-state index contributed by atoms with van der Waals surface area (Å²) >= 11 is 1.57. The second kappa shape index (κ2) is 4.66. The fraction of sp³-hybridized carbons (Fsp3) is 0.385. The third-order valence-electron chi connectivity index (χ3n) is 3.32. The molecule has 5 heteroatoms. The van der Waals surface area contributed by atoms with Gasteiger partial charge in [-0.25, -0.2) is 4.98 Å². The molecular formula is C13H15N3OS. The first-order valence-corrected chi connectivity index (χ1v) is 6.96. The van der Waals surface area contributed by atoms with Crippen LogP contribution >= 0.6 is 11.3 Å². The zero-order valence-electron chi connectivity index (χ0n) is 10.0. The van der Waals surface area contributed by atoms with Gasteiger partial charge in [-0.2, -0.15) is 0 Å². The van der Waals surface area contributed by atoms with Crippen molar-refractivity contribution in [1.82, 2.24) is 9.88 Å². The Balaban J connectivity index is 2.00. The normalized spacial score (nSPS) is 18.2. The Morgan fingerprint density at radius 3 is 2.72 bits per heavy atom. The zero-order chi connectivity index (χ0) is 12.5. The third kappa shape index (κ3) is 2.00. The molecule has 18 heavy (non-hydrogen) atoms. The fourth-order valence-electron chi connectivity index (χ4n) is 2.46. The van der Waals surface area contributed by atoms with Gasteiger partial charge in [0.25, 0.3) is 0 Å². The van der Waals surface area contributed by atoms with E-state index < -0.39 is 0 Å². The van der Waals surface area contributed by atoms with Gasteiger partial charge in [-0.15, -0.1) is 11.3 Å². The van der Waals surface area contributed by atoms with Crippen LogP contribution in [0.4, 0.5) is 0 Å². The van der Waals surface area contributed by atoms with E-state index in [4.69, 9.17) is 5.73 Å². The summed E-state index contributed by atoms with van der Waals surface area (Å²) in [6.45, 7) is 1.87. The summed E-state index contributed by atoms with van der Waals surface area (Å²) in [6, 6.07) is 7.58. The number of carbonyl (C=O) groups excluding carboxylic acids is 1. The molecule has 3 rings (SSSR count). The lowest BCUT2D eigenvalue weighted by Gasteiger charge is -2.22. The van der Waals surface area contributed by atoms with E-state index in [1.54, 1.807) is 11.3 Å². The number of primary amides is 1. The van der Waals surface area contributed by atoms with Crippen LogP contribution in [0.25, 0.3) is 10.2 Å². The Labute approximate surface area is 109 Å². The van der Waals surface area contributed by atoms with Crippen molar-refractivity contribution in [3.8, 4) is 0 Å². The van der Waals surface area contributed by atoms with Crippen LogP contribution in [0, 0.1) is 0 Å². The van der Waals surface area contributed by atoms with Crippen LogP contribution < -0.4 is 5.73 Å². The van der Waals surface area contributed by atoms with Crippen molar-refractivity contribution in [2.75, 3.05) is 13.1 Å². The Kier molecular flexibility index (Phi) is 3.01. The quantitative estimate of drug-likeness (QED) is 0.918. The van der Waals surface area contributed by atoms with E-state index >= 15 is 0 Å². The van der Waals surface area contributed by atoms with E-state index in [9.17, 15) is 4.79 Å². The average Bonchev–Trinajstić information content (AvgIpc) is 2.97. The Morgan fingerprint density at radius 2 is 2.06 bits per heavy atom. The highest BCUT2D eigenvalue weighted by Gasteiger charge is 2.30. The number of para-hydroxylation sites is 1. The van der Waals surface area contributed by atoms with Gasteiger partial charge in [-0.05, 0) is 38.1 Å². The van der Waals surface area contributed by atoms with Gasteiger partial charge in [0, 0.05) is 0 Å². The average molecular weight is 261 g/mol. The van der Waals surface area contributed by atoms with Gasteiger partial charge in [0.2, 0.25) is 5.91 Å². The predicted octanol–water partition coefficient (Wildman–Crippen LogP) is 1.92. The van der Waals surface area contributed by atoms with Gasteiger partial charge in [0.1, 0.15) is 11.0 Å². The highest BCUT2D eigenvalue weighted by molar-refractivity contribution is 7.18. The number of likely N-dealkylation sites (tertiary alicyclic amines) is 1. The van der Waals surface area contributed by atoms with Crippen molar-refractivity contribution >= 4 is 27.5 Å².